The van der Waals surface area contributed by atoms with Crippen LogP contribution < -0.4 is 5.32 Å². The van der Waals surface area contributed by atoms with E-state index < -0.39 is 0 Å². The molecule has 2 amide bonds. The van der Waals surface area contributed by atoms with Crippen LogP contribution in [0.5, 0.6) is 0 Å². The van der Waals surface area contributed by atoms with Crippen LogP contribution in [-0.4, -0.2) is 29.8 Å². The highest BCUT2D eigenvalue weighted by Crippen LogP contribution is 2.16. The van der Waals surface area contributed by atoms with Gasteiger partial charge in [0.25, 0.3) is 5.91 Å². The number of hydrogen-bond donors (Lipinski definition) is 1. The molecule has 1 heterocycles. The molecule has 2 aromatic rings. The highest BCUT2D eigenvalue weighted by atomic mass is 16.2. The zero-order chi connectivity index (χ0) is 19.9. The second-order valence-corrected chi connectivity index (χ2v) is 7.57. The minimum atomic E-state index is -0.149. The first-order valence-electron chi connectivity index (χ1n) is 9.97. The van der Waals surface area contributed by atoms with Crippen LogP contribution in [0.15, 0.2) is 54.6 Å². The molecule has 3 rings (SSSR count). The van der Waals surface area contributed by atoms with Crippen molar-refractivity contribution in [1.82, 2.24) is 10.2 Å². The fourth-order valence-corrected chi connectivity index (χ4v) is 3.33. The second kappa shape index (κ2) is 9.36. The summed E-state index contributed by atoms with van der Waals surface area (Å²) >= 11 is 0. The Hall–Kier alpha value is -2.88. The van der Waals surface area contributed by atoms with E-state index in [1.807, 2.05) is 47.4 Å². The van der Waals surface area contributed by atoms with Crippen molar-refractivity contribution < 1.29 is 9.59 Å². The highest BCUT2D eigenvalue weighted by molar-refractivity contribution is 5.94. The Labute approximate surface area is 167 Å². The standard InChI is InChI=1S/C24H28N2O2/c1-18(2)21-11-8-19(9-12-21)10-13-23(27)25-17-20-6-5-7-22(16-20)24(28)26-14-3-4-15-26/h5-13,16,18H,3-4,14-15,17H2,1-2H3,(H,25,27)/b13-10+. The number of nitrogens with one attached hydrogen (secondary N) is 1. The molecule has 0 radical (unpaired) electrons. The van der Waals surface area contributed by atoms with E-state index in [0.717, 1.165) is 37.1 Å². The summed E-state index contributed by atoms with van der Waals surface area (Å²) in [6, 6.07) is 15.7. The van der Waals surface area contributed by atoms with Gasteiger partial charge in [-0.3, -0.25) is 9.59 Å². The van der Waals surface area contributed by atoms with Crippen LogP contribution >= 0.6 is 0 Å². The summed E-state index contributed by atoms with van der Waals surface area (Å²) in [7, 11) is 0. The van der Waals surface area contributed by atoms with Gasteiger partial charge in [0.05, 0.1) is 0 Å². The van der Waals surface area contributed by atoms with Gasteiger partial charge in [-0.25, -0.2) is 0 Å². The monoisotopic (exact) mass is 376 g/mol. The normalized spacial score (nSPS) is 14.0. The smallest absolute Gasteiger partial charge is 0.253 e. The largest absolute Gasteiger partial charge is 0.348 e. The molecule has 1 fully saturated rings. The molecule has 1 saturated heterocycles. The maximum absolute atomic E-state index is 12.5. The third-order valence-electron chi connectivity index (χ3n) is 5.06. The third-order valence-corrected chi connectivity index (χ3v) is 5.06. The van der Waals surface area contributed by atoms with E-state index >= 15 is 0 Å². The molecule has 1 aliphatic rings. The van der Waals surface area contributed by atoms with E-state index in [1.165, 1.54) is 5.56 Å². The Morgan fingerprint density at radius 3 is 2.46 bits per heavy atom. The van der Waals surface area contributed by atoms with Crippen LogP contribution in [0.25, 0.3) is 6.08 Å². The molecule has 2 aromatic carbocycles. The van der Waals surface area contributed by atoms with Crippen LogP contribution in [0.4, 0.5) is 0 Å². The molecule has 28 heavy (non-hydrogen) atoms. The van der Waals surface area contributed by atoms with Crippen molar-refractivity contribution in [2.75, 3.05) is 13.1 Å². The van der Waals surface area contributed by atoms with E-state index in [4.69, 9.17) is 0 Å². The Morgan fingerprint density at radius 2 is 1.79 bits per heavy atom. The number of carbonyl (C=O) groups is 2. The fraction of sp³-hybridized carbons (Fsp3) is 0.333. The van der Waals surface area contributed by atoms with Gasteiger partial charge in [0.1, 0.15) is 0 Å². The molecule has 0 saturated carbocycles. The first kappa shape index (κ1) is 19.9. The minimum Gasteiger partial charge on any atom is -0.348 e. The van der Waals surface area contributed by atoms with Crippen LogP contribution in [0.2, 0.25) is 0 Å². The summed E-state index contributed by atoms with van der Waals surface area (Å²) in [5.41, 5.74) is 3.89. The SMILES string of the molecule is CC(C)c1ccc(/C=C/C(=O)NCc2cccc(C(=O)N3CCCC3)c2)cc1. The number of nitrogens with zero attached hydrogens (tertiary/aromatic N) is 1. The molecule has 0 unspecified atom stereocenters. The van der Waals surface area contributed by atoms with Crippen LogP contribution in [-0.2, 0) is 11.3 Å². The van der Waals surface area contributed by atoms with Crippen molar-refractivity contribution in [3.63, 3.8) is 0 Å². The van der Waals surface area contributed by atoms with Crippen LogP contribution in [0.1, 0.15) is 59.7 Å². The van der Waals surface area contributed by atoms with Crippen molar-refractivity contribution in [2.45, 2.75) is 39.2 Å². The van der Waals surface area contributed by atoms with E-state index in [9.17, 15) is 9.59 Å². The first-order chi connectivity index (χ1) is 13.5. The molecule has 1 N–H and O–H groups in total. The van der Waals surface area contributed by atoms with Crippen molar-refractivity contribution in [3.05, 3.63) is 76.9 Å². The summed E-state index contributed by atoms with van der Waals surface area (Å²) in [5.74, 6) is 0.425. The molecule has 4 heteroatoms. The molecule has 4 nitrogen and oxygen atoms in total. The molecular weight excluding hydrogens is 348 g/mol. The fourth-order valence-electron chi connectivity index (χ4n) is 3.33. The molecular formula is C24H28N2O2. The average Bonchev–Trinajstić information content (AvgIpc) is 3.25. The summed E-state index contributed by atoms with van der Waals surface area (Å²) in [5, 5.41) is 2.88. The lowest BCUT2D eigenvalue weighted by atomic mass is 10.0. The Bertz CT molecular complexity index is 847. The highest BCUT2D eigenvalue weighted by Gasteiger charge is 2.19. The molecule has 1 aliphatic heterocycles. The lowest BCUT2D eigenvalue weighted by Gasteiger charge is -2.15. The lowest BCUT2D eigenvalue weighted by molar-refractivity contribution is -0.116. The topological polar surface area (TPSA) is 49.4 Å². The number of hydrogen-bond acceptors (Lipinski definition) is 2. The van der Waals surface area contributed by atoms with Crippen molar-refractivity contribution >= 4 is 17.9 Å². The summed E-state index contributed by atoms with van der Waals surface area (Å²) < 4.78 is 0. The van der Waals surface area contributed by atoms with Gasteiger partial charge in [0.15, 0.2) is 0 Å². The average molecular weight is 377 g/mol. The van der Waals surface area contributed by atoms with Crippen LogP contribution in [0.3, 0.4) is 0 Å². The summed E-state index contributed by atoms with van der Waals surface area (Å²) in [6.45, 7) is 6.39. The molecule has 0 aliphatic carbocycles. The van der Waals surface area contributed by atoms with Gasteiger partial charge < -0.3 is 10.2 Å². The Kier molecular flexibility index (Phi) is 6.64. The number of likely N-dealkylation sites (tertiary alicyclic amines) is 1. The van der Waals surface area contributed by atoms with Crippen molar-refractivity contribution in [2.24, 2.45) is 0 Å². The number of carbonyl (C=O) groups excluding carboxylic acids is 2. The number of benzene rings is 2. The predicted molar refractivity (Wildman–Crippen MR) is 113 cm³/mol. The molecule has 0 spiro atoms. The number of rotatable bonds is 6. The lowest BCUT2D eigenvalue weighted by Crippen LogP contribution is -2.27. The third kappa shape index (κ3) is 5.32. The Morgan fingerprint density at radius 1 is 1.07 bits per heavy atom. The van der Waals surface area contributed by atoms with Gasteiger partial charge >= 0.3 is 0 Å². The van der Waals surface area contributed by atoms with Crippen molar-refractivity contribution in [1.29, 1.82) is 0 Å². The molecule has 0 atom stereocenters. The molecule has 146 valence electrons. The summed E-state index contributed by atoms with van der Waals surface area (Å²) in [6.07, 6.45) is 5.51. The first-order valence-corrected chi connectivity index (χ1v) is 9.97. The zero-order valence-corrected chi connectivity index (χ0v) is 16.7. The predicted octanol–water partition coefficient (Wildman–Crippen LogP) is 4.38. The van der Waals surface area contributed by atoms with E-state index in [-0.39, 0.29) is 11.8 Å². The van der Waals surface area contributed by atoms with Gasteiger partial charge in [-0.1, -0.05) is 50.2 Å². The molecule has 0 bridgehead atoms. The van der Waals surface area contributed by atoms with Gasteiger partial charge in [0.2, 0.25) is 5.91 Å². The second-order valence-electron chi connectivity index (χ2n) is 7.57. The minimum absolute atomic E-state index is 0.0791. The van der Waals surface area contributed by atoms with Gasteiger partial charge in [-0.2, -0.15) is 0 Å². The molecule has 0 aromatic heterocycles. The van der Waals surface area contributed by atoms with Gasteiger partial charge in [-0.05, 0) is 53.7 Å². The van der Waals surface area contributed by atoms with Gasteiger partial charge in [0, 0.05) is 31.3 Å². The Balaban J connectivity index is 1.54. The maximum atomic E-state index is 12.5. The number of amides is 2. The van der Waals surface area contributed by atoms with Crippen molar-refractivity contribution in [3.8, 4) is 0 Å². The zero-order valence-electron chi connectivity index (χ0n) is 16.7. The quantitative estimate of drug-likeness (QED) is 0.761. The van der Waals surface area contributed by atoms with E-state index in [2.05, 4.69) is 31.3 Å². The van der Waals surface area contributed by atoms with E-state index in [1.54, 1.807) is 6.08 Å². The van der Waals surface area contributed by atoms with Crippen LogP contribution in [0, 0.1) is 0 Å². The maximum Gasteiger partial charge on any atom is 0.253 e. The summed E-state index contributed by atoms with van der Waals surface area (Å²) in [4.78, 5) is 26.5. The van der Waals surface area contributed by atoms with Gasteiger partial charge in [-0.15, -0.1) is 0 Å². The van der Waals surface area contributed by atoms with E-state index in [0.29, 0.717) is 18.0 Å².